The number of hydrogen-bond donors (Lipinski definition) is 1. The van der Waals surface area contributed by atoms with Gasteiger partial charge < -0.3 is 10.2 Å². The zero-order valence-corrected chi connectivity index (χ0v) is 12.8. The lowest BCUT2D eigenvalue weighted by molar-refractivity contribution is 0.0734. The van der Waals surface area contributed by atoms with E-state index in [9.17, 15) is 4.79 Å². The van der Waals surface area contributed by atoms with E-state index < -0.39 is 0 Å². The summed E-state index contributed by atoms with van der Waals surface area (Å²) < 4.78 is 0.759. The summed E-state index contributed by atoms with van der Waals surface area (Å²) in [6.07, 6.45) is 5.29. The van der Waals surface area contributed by atoms with Crippen molar-refractivity contribution in [1.82, 2.24) is 15.2 Å². The molecule has 1 aromatic heterocycles. The number of pyridine rings is 1. The second-order valence-corrected chi connectivity index (χ2v) is 5.68. The molecule has 19 heavy (non-hydrogen) atoms. The molecule has 0 spiro atoms. The zero-order chi connectivity index (χ0) is 13.7. The van der Waals surface area contributed by atoms with Crippen molar-refractivity contribution in [3.05, 3.63) is 28.5 Å². The van der Waals surface area contributed by atoms with Crippen LogP contribution < -0.4 is 5.32 Å². The van der Waals surface area contributed by atoms with Gasteiger partial charge in [-0.2, -0.15) is 0 Å². The molecule has 2 rings (SSSR count). The Morgan fingerprint density at radius 2 is 2.42 bits per heavy atom. The fourth-order valence-electron chi connectivity index (χ4n) is 2.39. The van der Waals surface area contributed by atoms with Crippen LogP contribution in [0.15, 0.2) is 22.8 Å². The highest BCUT2D eigenvalue weighted by molar-refractivity contribution is 9.10. The number of aromatic nitrogens is 1. The predicted molar refractivity (Wildman–Crippen MR) is 79.2 cm³/mol. The first kappa shape index (κ1) is 14.5. The fourth-order valence-corrected chi connectivity index (χ4v) is 2.82. The van der Waals surface area contributed by atoms with Gasteiger partial charge in [0.25, 0.3) is 5.91 Å². The maximum atomic E-state index is 12.5. The Bertz CT molecular complexity index is 432. The quantitative estimate of drug-likeness (QED) is 0.924. The molecule has 0 aliphatic carbocycles. The molecule has 4 nitrogen and oxygen atoms in total. The Kier molecular flexibility index (Phi) is 5.34. The Morgan fingerprint density at radius 3 is 3.05 bits per heavy atom. The number of rotatable bonds is 4. The van der Waals surface area contributed by atoms with Gasteiger partial charge in [0, 0.05) is 29.8 Å². The number of nitrogens with one attached hydrogen (secondary N) is 1. The van der Waals surface area contributed by atoms with Gasteiger partial charge in [0.1, 0.15) is 5.69 Å². The van der Waals surface area contributed by atoms with Crippen LogP contribution in [0.3, 0.4) is 0 Å². The fraction of sp³-hybridized carbons (Fsp3) is 0.571. The summed E-state index contributed by atoms with van der Waals surface area (Å²) >= 11 is 3.39. The average molecular weight is 326 g/mol. The van der Waals surface area contributed by atoms with E-state index in [1.165, 1.54) is 12.8 Å². The highest BCUT2D eigenvalue weighted by Crippen LogP contribution is 2.16. The van der Waals surface area contributed by atoms with Gasteiger partial charge in [0.2, 0.25) is 0 Å². The smallest absolute Gasteiger partial charge is 0.273 e. The molecule has 1 amide bonds. The molecule has 1 aromatic rings. The van der Waals surface area contributed by atoms with Crippen LogP contribution in [0, 0.1) is 0 Å². The van der Waals surface area contributed by atoms with E-state index in [0.717, 1.165) is 24.0 Å². The lowest BCUT2D eigenvalue weighted by atomic mass is 10.0. The third-order valence-electron chi connectivity index (χ3n) is 3.48. The number of amides is 1. The number of carbonyl (C=O) groups is 1. The monoisotopic (exact) mass is 325 g/mol. The Balaban J connectivity index is 2.04. The molecule has 0 aromatic carbocycles. The van der Waals surface area contributed by atoms with E-state index in [1.807, 2.05) is 24.0 Å². The number of carbonyl (C=O) groups excluding carboxylic acids is 1. The zero-order valence-electron chi connectivity index (χ0n) is 11.2. The molecule has 104 valence electrons. The second-order valence-electron chi connectivity index (χ2n) is 4.82. The molecule has 2 heterocycles. The maximum Gasteiger partial charge on any atom is 0.273 e. The van der Waals surface area contributed by atoms with Crippen molar-refractivity contribution < 1.29 is 4.79 Å². The molecular formula is C14H20BrN3O. The average Bonchev–Trinajstić information content (AvgIpc) is 2.46. The highest BCUT2D eigenvalue weighted by Gasteiger charge is 2.22. The molecule has 1 fully saturated rings. The summed E-state index contributed by atoms with van der Waals surface area (Å²) in [4.78, 5) is 18.5. The summed E-state index contributed by atoms with van der Waals surface area (Å²) in [6.45, 7) is 4.54. The molecule has 1 atom stereocenters. The Morgan fingerprint density at radius 1 is 1.58 bits per heavy atom. The molecule has 1 aliphatic rings. The van der Waals surface area contributed by atoms with Crippen LogP contribution in [-0.2, 0) is 0 Å². The van der Waals surface area contributed by atoms with Crippen LogP contribution >= 0.6 is 15.9 Å². The normalized spacial score (nSPS) is 19.2. The van der Waals surface area contributed by atoms with Crippen molar-refractivity contribution in [2.45, 2.75) is 32.2 Å². The van der Waals surface area contributed by atoms with E-state index in [-0.39, 0.29) is 5.91 Å². The third kappa shape index (κ3) is 3.76. The molecular weight excluding hydrogens is 306 g/mol. The lowest BCUT2D eigenvalue weighted by Crippen LogP contribution is -2.45. The van der Waals surface area contributed by atoms with Crippen molar-refractivity contribution in [3.8, 4) is 0 Å². The molecule has 1 N–H and O–H groups in total. The van der Waals surface area contributed by atoms with E-state index in [2.05, 4.69) is 26.2 Å². The highest BCUT2D eigenvalue weighted by atomic mass is 79.9. The van der Waals surface area contributed by atoms with Gasteiger partial charge in [-0.1, -0.05) is 6.42 Å². The molecule has 1 saturated heterocycles. The lowest BCUT2D eigenvalue weighted by Gasteiger charge is -2.30. The van der Waals surface area contributed by atoms with Crippen molar-refractivity contribution in [3.63, 3.8) is 0 Å². The predicted octanol–water partition coefficient (Wildman–Crippen LogP) is 2.45. The maximum absolute atomic E-state index is 12.5. The van der Waals surface area contributed by atoms with E-state index in [0.29, 0.717) is 18.3 Å². The van der Waals surface area contributed by atoms with Crippen LogP contribution in [-0.4, -0.2) is 41.5 Å². The van der Waals surface area contributed by atoms with Crippen LogP contribution in [0.5, 0.6) is 0 Å². The minimum atomic E-state index is 0.00217. The van der Waals surface area contributed by atoms with Crippen LogP contribution in [0.25, 0.3) is 0 Å². The minimum Gasteiger partial charge on any atom is -0.336 e. The molecule has 0 radical (unpaired) electrons. The van der Waals surface area contributed by atoms with Gasteiger partial charge in [-0.25, -0.2) is 4.98 Å². The topological polar surface area (TPSA) is 45.2 Å². The summed E-state index contributed by atoms with van der Waals surface area (Å²) in [7, 11) is 0. The number of nitrogens with zero attached hydrogens (tertiary/aromatic N) is 2. The second kappa shape index (κ2) is 7.01. The van der Waals surface area contributed by atoms with Crippen LogP contribution in [0.4, 0.5) is 0 Å². The summed E-state index contributed by atoms with van der Waals surface area (Å²) in [5, 5.41) is 3.48. The SMILES string of the molecule is CCN(CC1CCCCN1)C(=O)c1ncccc1Br. The van der Waals surface area contributed by atoms with Gasteiger partial charge in [-0.05, 0) is 54.4 Å². The Hall–Kier alpha value is -0.940. The first-order chi connectivity index (χ1) is 9.22. The van der Waals surface area contributed by atoms with Gasteiger partial charge >= 0.3 is 0 Å². The largest absolute Gasteiger partial charge is 0.336 e. The van der Waals surface area contributed by atoms with Gasteiger partial charge in [-0.3, -0.25) is 4.79 Å². The van der Waals surface area contributed by atoms with E-state index in [4.69, 9.17) is 0 Å². The van der Waals surface area contributed by atoms with E-state index in [1.54, 1.807) is 6.20 Å². The first-order valence-corrected chi connectivity index (χ1v) is 7.65. The summed E-state index contributed by atoms with van der Waals surface area (Å²) in [5.74, 6) is 0.00217. The molecule has 0 saturated carbocycles. The standard InChI is InChI=1S/C14H20BrN3O/c1-2-18(10-11-6-3-4-8-16-11)14(19)13-12(15)7-5-9-17-13/h5,7,9,11,16H,2-4,6,8,10H2,1H3. The molecule has 1 aliphatic heterocycles. The van der Waals surface area contributed by atoms with Gasteiger partial charge in [-0.15, -0.1) is 0 Å². The summed E-state index contributed by atoms with van der Waals surface area (Å²) in [6, 6.07) is 4.09. The number of halogens is 1. The number of likely N-dealkylation sites (N-methyl/N-ethyl adjacent to an activating group) is 1. The first-order valence-electron chi connectivity index (χ1n) is 6.85. The van der Waals surface area contributed by atoms with Crippen molar-refractivity contribution >= 4 is 21.8 Å². The number of hydrogen-bond acceptors (Lipinski definition) is 3. The van der Waals surface area contributed by atoms with Crippen LogP contribution in [0.2, 0.25) is 0 Å². The third-order valence-corrected chi connectivity index (χ3v) is 4.12. The van der Waals surface area contributed by atoms with E-state index >= 15 is 0 Å². The number of piperidine rings is 1. The van der Waals surface area contributed by atoms with Crippen molar-refractivity contribution in [1.29, 1.82) is 0 Å². The molecule has 0 bridgehead atoms. The van der Waals surface area contributed by atoms with Crippen molar-refractivity contribution in [2.75, 3.05) is 19.6 Å². The van der Waals surface area contributed by atoms with Gasteiger partial charge in [0.15, 0.2) is 0 Å². The molecule has 5 heteroatoms. The minimum absolute atomic E-state index is 0.00217. The van der Waals surface area contributed by atoms with Crippen LogP contribution in [0.1, 0.15) is 36.7 Å². The Labute approximate surface area is 122 Å². The summed E-state index contributed by atoms with van der Waals surface area (Å²) in [5.41, 5.74) is 0.500. The van der Waals surface area contributed by atoms with Gasteiger partial charge in [0.05, 0.1) is 0 Å². The van der Waals surface area contributed by atoms with Crippen molar-refractivity contribution in [2.24, 2.45) is 0 Å². The molecule has 1 unspecified atom stereocenters.